The Hall–Kier alpha value is -3.67. The number of benzene rings is 3. The molecule has 5 rings (SSSR count). The van der Waals surface area contributed by atoms with Crippen molar-refractivity contribution in [3.8, 4) is 23.0 Å². The van der Waals surface area contributed by atoms with Gasteiger partial charge in [0, 0.05) is 12.1 Å². The molecule has 0 radical (unpaired) electrons. The number of ether oxygens (including phenoxy) is 4. The minimum Gasteiger partial charge on any atom is -0.454 e. The highest BCUT2D eigenvalue weighted by Crippen LogP contribution is 2.36. The topological polar surface area (TPSA) is 57.2 Å². The predicted molar refractivity (Wildman–Crippen MR) is 110 cm³/mol. The van der Waals surface area contributed by atoms with Crippen molar-refractivity contribution in [2.45, 2.75) is 19.5 Å². The standard InChI is InChI=1S/C24H21NO5/c1-16(18-5-3-2-4-6-18)25(13-17-7-9-20-22(11-17)29-14-27-20)24(26)19-8-10-21-23(12-19)30-15-28-21/h2-12,16H,13-15H2,1H3. The molecule has 6 nitrogen and oxygen atoms in total. The van der Waals surface area contributed by atoms with E-state index < -0.39 is 0 Å². The van der Waals surface area contributed by atoms with Crippen molar-refractivity contribution in [2.24, 2.45) is 0 Å². The van der Waals surface area contributed by atoms with E-state index in [1.165, 1.54) is 0 Å². The molecule has 2 aliphatic rings. The Morgan fingerprint density at radius 3 is 2.20 bits per heavy atom. The van der Waals surface area contributed by atoms with E-state index in [-0.39, 0.29) is 25.5 Å². The van der Waals surface area contributed by atoms with Crippen LogP contribution in [0.15, 0.2) is 66.7 Å². The molecule has 0 saturated heterocycles. The summed E-state index contributed by atoms with van der Waals surface area (Å²) in [5, 5.41) is 0. The SMILES string of the molecule is CC(c1ccccc1)N(Cc1ccc2c(c1)OCO2)C(=O)c1ccc2c(c1)OCO2. The summed E-state index contributed by atoms with van der Waals surface area (Å²) < 4.78 is 21.7. The molecular formula is C24H21NO5. The van der Waals surface area contributed by atoms with E-state index in [9.17, 15) is 4.79 Å². The second kappa shape index (κ2) is 7.63. The summed E-state index contributed by atoms with van der Waals surface area (Å²) in [5.41, 5.74) is 2.59. The zero-order valence-corrected chi connectivity index (χ0v) is 16.5. The Labute approximate surface area is 174 Å². The number of nitrogens with zero attached hydrogens (tertiary/aromatic N) is 1. The Morgan fingerprint density at radius 2 is 1.47 bits per heavy atom. The normalized spacial score (nSPS) is 14.4. The van der Waals surface area contributed by atoms with Crippen molar-refractivity contribution < 1.29 is 23.7 Å². The fraction of sp³-hybridized carbons (Fsp3) is 0.208. The molecule has 3 aromatic rings. The van der Waals surface area contributed by atoms with Crippen LogP contribution in [0.25, 0.3) is 0 Å². The maximum Gasteiger partial charge on any atom is 0.254 e. The molecule has 2 aliphatic heterocycles. The summed E-state index contributed by atoms with van der Waals surface area (Å²) in [6.45, 7) is 2.86. The van der Waals surface area contributed by atoms with Crippen LogP contribution >= 0.6 is 0 Å². The molecule has 1 amide bonds. The molecule has 0 aliphatic carbocycles. The number of hydrogen-bond acceptors (Lipinski definition) is 5. The van der Waals surface area contributed by atoms with Gasteiger partial charge in [0.1, 0.15) is 0 Å². The molecule has 152 valence electrons. The van der Waals surface area contributed by atoms with Gasteiger partial charge in [0.05, 0.1) is 6.04 Å². The molecule has 0 saturated carbocycles. The van der Waals surface area contributed by atoms with Crippen LogP contribution in [0, 0.1) is 0 Å². The number of carbonyl (C=O) groups is 1. The molecule has 0 aromatic heterocycles. The van der Waals surface area contributed by atoms with Gasteiger partial charge >= 0.3 is 0 Å². The first-order valence-electron chi connectivity index (χ1n) is 9.83. The fourth-order valence-electron chi connectivity index (χ4n) is 3.73. The van der Waals surface area contributed by atoms with Crippen molar-refractivity contribution in [1.29, 1.82) is 0 Å². The van der Waals surface area contributed by atoms with Gasteiger partial charge in [-0.3, -0.25) is 4.79 Å². The number of fused-ring (bicyclic) bond motifs is 2. The third-order valence-electron chi connectivity index (χ3n) is 5.42. The van der Waals surface area contributed by atoms with Gasteiger partial charge in [0.25, 0.3) is 5.91 Å². The largest absolute Gasteiger partial charge is 0.454 e. The number of rotatable bonds is 5. The minimum absolute atomic E-state index is 0.0812. The Balaban J connectivity index is 1.48. The smallest absolute Gasteiger partial charge is 0.254 e. The molecular weight excluding hydrogens is 382 g/mol. The maximum atomic E-state index is 13.6. The number of amides is 1. The van der Waals surface area contributed by atoms with Crippen molar-refractivity contribution in [1.82, 2.24) is 4.90 Å². The van der Waals surface area contributed by atoms with Crippen LogP contribution in [0.1, 0.15) is 34.5 Å². The second-order valence-corrected chi connectivity index (χ2v) is 7.28. The van der Waals surface area contributed by atoms with E-state index in [0.29, 0.717) is 29.4 Å². The van der Waals surface area contributed by atoms with E-state index in [1.54, 1.807) is 18.2 Å². The van der Waals surface area contributed by atoms with Crippen LogP contribution in [0.4, 0.5) is 0 Å². The van der Waals surface area contributed by atoms with Crippen LogP contribution in [-0.2, 0) is 6.54 Å². The zero-order chi connectivity index (χ0) is 20.5. The Bertz CT molecular complexity index is 1080. The van der Waals surface area contributed by atoms with Crippen molar-refractivity contribution in [3.63, 3.8) is 0 Å². The first kappa shape index (κ1) is 18.4. The van der Waals surface area contributed by atoms with Gasteiger partial charge in [0.15, 0.2) is 23.0 Å². The molecule has 3 aromatic carbocycles. The first-order valence-corrected chi connectivity index (χ1v) is 9.83. The quantitative estimate of drug-likeness (QED) is 0.626. The zero-order valence-electron chi connectivity index (χ0n) is 16.5. The summed E-state index contributed by atoms with van der Waals surface area (Å²) in [6.07, 6.45) is 0. The summed E-state index contributed by atoms with van der Waals surface area (Å²) in [4.78, 5) is 15.4. The van der Waals surface area contributed by atoms with Gasteiger partial charge in [-0.1, -0.05) is 36.4 Å². The van der Waals surface area contributed by atoms with Gasteiger partial charge in [-0.25, -0.2) is 0 Å². The monoisotopic (exact) mass is 403 g/mol. The van der Waals surface area contributed by atoms with E-state index in [1.807, 2.05) is 60.4 Å². The lowest BCUT2D eigenvalue weighted by Crippen LogP contribution is -2.33. The van der Waals surface area contributed by atoms with Gasteiger partial charge in [-0.2, -0.15) is 0 Å². The van der Waals surface area contributed by atoms with Crippen molar-refractivity contribution >= 4 is 5.91 Å². The van der Waals surface area contributed by atoms with Crippen molar-refractivity contribution in [2.75, 3.05) is 13.6 Å². The molecule has 1 unspecified atom stereocenters. The minimum atomic E-state index is -0.130. The second-order valence-electron chi connectivity index (χ2n) is 7.28. The fourth-order valence-corrected chi connectivity index (χ4v) is 3.73. The summed E-state index contributed by atoms with van der Waals surface area (Å²) in [5.74, 6) is 2.60. The number of hydrogen-bond donors (Lipinski definition) is 0. The molecule has 2 heterocycles. The molecule has 6 heteroatoms. The Kier molecular flexibility index (Phi) is 4.67. The van der Waals surface area contributed by atoms with Crippen LogP contribution in [0.5, 0.6) is 23.0 Å². The highest BCUT2D eigenvalue weighted by molar-refractivity contribution is 5.95. The Morgan fingerprint density at radius 1 is 0.833 bits per heavy atom. The number of carbonyl (C=O) groups excluding carboxylic acids is 1. The lowest BCUT2D eigenvalue weighted by molar-refractivity contribution is 0.0673. The van der Waals surface area contributed by atoms with E-state index in [2.05, 4.69) is 0 Å². The average Bonchev–Trinajstić information content (AvgIpc) is 3.45. The van der Waals surface area contributed by atoms with Crippen LogP contribution in [0.2, 0.25) is 0 Å². The van der Waals surface area contributed by atoms with E-state index in [4.69, 9.17) is 18.9 Å². The lowest BCUT2D eigenvalue weighted by Gasteiger charge is -2.30. The third kappa shape index (κ3) is 3.41. The highest BCUT2D eigenvalue weighted by atomic mass is 16.7. The van der Waals surface area contributed by atoms with Gasteiger partial charge < -0.3 is 23.8 Å². The van der Waals surface area contributed by atoms with Crippen molar-refractivity contribution in [3.05, 3.63) is 83.4 Å². The molecule has 1 atom stereocenters. The average molecular weight is 403 g/mol. The molecule has 0 fully saturated rings. The van der Waals surface area contributed by atoms with Crippen LogP contribution in [-0.4, -0.2) is 24.4 Å². The van der Waals surface area contributed by atoms with Crippen LogP contribution < -0.4 is 18.9 Å². The summed E-state index contributed by atoms with van der Waals surface area (Å²) in [6, 6.07) is 20.9. The van der Waals surface area contributed by atoms with Gasteiger partial charge in [-0.05, 0) is 48.4 Å². The first-order chi connectivity index (χ1) is 14.7. The summed E-state index contributed by atoms with van der Waals surface area (Å²) >= 11 is 0. The molecule has 0 N–H and O–H groups in total. The maximum absolute atomic E-state index is 13.6. The molecule has 0 spiro atoms. The van der Waals surface area contributed by atoms with E-state index >= 15 is 0 Å². The van der Waals surface area contributed by atoms with Crippen LogP contribution in [0.3, 0.4) is 0 Å². The van der Waals surface area contributed by atoms with Gasteiger partial charge in [-0.15, -0.1) is 0 Å². The molecule has 30 heavy (non-hydrogen) atoms. The predicted octanol–water partition coefficient (Wildman–Crippen LogP) is 4.55. The van der Waals surface area contributed by atoms with E-state index in [0.717, 1.165) is 16.9 Å². The summed E-state index contributed by atoms with van der Waals surface area (Å²) in [7, 11) is 0. The third-order valence-corrected chi connectivity index (χ3v) is 5.42. The molecule has 0 bridgehead atoms. The highest BCUT2D eigenvalue weighted by Gasteiger charge is 2.26. The van der Waals surface area contributed by atoms with Gasteiger partial charge in [0.2, 0.25) is 13.6 Å². The lowest BCUT2D eigenvalue weighted by atomic mass is 10.0.